The summed E-state index contributed by atoms with van der Waals surface area (Å²) in [6, 6.07) is 0. The minimum absolute atomic E-state index is 0.00599. The summed E-state index contributed by atoms with van der Waals surface area (Å²) in [6.07, 6.45) is 4.94. The second-order valence-corrected chi connectivity index (χ2v) is 5.42. The number of nitrogens with one attached hydrogen (secondary N) is 1. The standard InChI is InChI=1S/C13H21NO5/c15-11(8-19-10-3-1-2-4-10)14-13(7-12(16)17)5-6-18-9-13/h10H,1-9H2,(H,14,15)(H,16,17). The van der Waals surface area contributed by atoms with E-state index in [-0.39, 0.29) is 31.6 Å². The highest BCUT2D eigenvalue weighted by Crippen LogP contribution is 2.23. The molecule has 1 aliphatic heterocycles. The average molecular weight is 271 g/mol. The number of hydrogen-bond acceptors (Lipinski definition) is 4. The normalized spacial score (nSPS) is 27.6. The van der Waals surface area contributed by atoms with Gasteiger partial charge in [-0.25, -0.2) is 0 Å². The number of hydrogen-bond donors (Lipinski definition) is 2. The minimum Gasteiger partial charge on any atom is -0.481 e. The van der Waals surface area contributed by atoms with E-state index in [1.165, 1.54) is 0 Å². The SMILES string of the molecule is O=C(O)CC1(NC(=O)COC2CCCC2)CCOC1. The molecule has 2 N–H and O–H groups in total. The van der Waals surface area contributed by atoms with Crippen molar-refractivity contribution in [2.45, 2.75) is 50.2 Å². The van der Waals surface area contributed by atoms with Gasteiger partial charge < -0.3 is 19.9 Å². The Hall–Kier alpha value is -1.14. The van der Waals surface area contributed by atoms with Crippen LogP contribution in [0.25, 0.3) is 0 Å². The van der Waals surface area contributed by atoms with Crippen molar-refractivity contribution in [1.29, 1.82) is 0 Å². The van der Waals surface area contributed by atoms with Crippen molar-refractivity contribution in [2.24, 2.45) is 0 Å². The maximum Gasteiger partial charge on any atom is 0.305 e. The van der Waals surface area contributed by atoms with Gasteiger partial charge in [-0.1, -0.05) is 12.8 Å². The van der Waals surface area contributed by atoms with Crippen LogP contribution in [0, 0.1) is 0 Å². The number of amides is 1. The molecular formula is C13H21NO5. The fraction of sp³-hybridized carbons (Fsp3) is 0.846. The third kappa shape index (κ3) is 4.18. The first kappa shape index (κ1) is 14.3. The van der Waals surface area contributed by atoms with Crippen molar-refractivity contribution in [3.63, 3.8) is 0 Å². The molecule has 2 aliphatic rings. The lowest BCUT2D eigenvalue weighted by Crippen LogP contribution is -2.51. The van der Waals surface area contributed by atoms with Crippen LogP contribution < -0.4 is 5.32 Å². The summed E-state index contributed by atoms with van der Waals surface area (Å²) < 4.78 is 10.7. The van der Waals surface area contributed by atoms with Gasteiger partial charge >= 0.3 is 5.97 Å². The Kier molecular flexibility index (Phi) is 4.76. The zero-order chi connectivity index (χ0) is 13.7. The van der Waals surface area contributed by atoms with E-state index in [0.717, 1.165) is 25.7 Å². The monoisotopic (exact) mass is 271 g/mol. The van der Waals surface area contributed by atoms with Crippen molar-refractivity contribution in [3.05, 3.63) is 0 Å². The van der Waals surface area contributed by atoms with E-state index in [9.17, 15) is 9.59 Å². The fourth-order valence-electron chi connectivity index (χ4n) is 2.76. The lowest BCUT2D eigenvalue weighted by atomic mass is 9.94. The van der Waals surface area contributed by atoms with Crippen LogP contribution in [0.3, 0.4) is 0 Å². The van der Waals surface area contributed by atoms with Gasteiger partial charge in [0.25, 0.3) is 0 Å². The number of aliphatic carboxylic acids is 1. The second-order valence-electron chi connectivity index (χ2n) is 5.42. The number of ether oxygens (including phenoxy) is 2. The van der Waals surface area contributed by atoms with Crippen LogP contribution in [0.5, 0.6) is 0 Å². The topological polar surface area (TPSA) is 84.9 Å². The maximum atomic E-state index is 11.9. The van der Waals surface area contributed by atoms with Crippen LogP contribution in [0.4, 0.5) is 0 Å². The van der Waals surface area contributed by atoms with Crippen LogP contribution in [0.1, 0.15) is 38.5 Å². The number of carbonyl (C=O) groups excluding carboxylic acids is 1. The third-order valence-electron chi connectivity index (χ3n) is 3.75. The Labute approximate surface area is 112 Å². The van der Waals surface area contributed by atoms with Crippen molar-refractivity contribution in [2.75, 3.05) is 19.8 Å². The average Bonchev–Trinajstić information content (AvgIpc) is 2.97. The zero-order valence-corrected chi connectivity index (χ0v) is 11.0. The molecule has 108 valence electrons. The third-order valence-corrected chi connectivity index (χ3v) is 3.75. The van der Waals surface area contributed by atoms with Gasteiger partial charge in [0.15, 0.2) is 0 Å². The van der Waals surface area contributed by atoms with E-state index in [0.29, 0.717) is 13.0 Å². The van der Waals surface area contributed by atoms with Crippen LogP contribution in [-0.2, 0) is 19.1 Å². The van der Waals surface area contributed by atoms with E-state index in [1.54, 1.807) is 0 Å². The van der Waals surface area contributed by atoms with Gasteiger partial charge in [0, 0.05) is 6.61 Å². The Morgan fingerprint density at radius 1 is 1.37 bits per heavy atom. The maximum absolute atomic E-state index is 11.9. The van der Waals surface area contributed by atoms with E-state index in [1.807, 2.05) is 0 Å². The molecule has 0 bridgehead atoms. The fourth-order valence-corrected chi connectivity index (χ4v) is 2.76. The molecule has 1 saturated carbocycles. The molecule has 0 spiro atoms. The largest absolute Gasteiger partial charge is 0.481 e. The molecule has 1 heterocycles. The lowest BCUT2D eigenvalue weighted by molar-refractivity contribution is -0.139. The van der Waals surface area contributed by atoms with Gasteiger partial charge in [0.2, 0.25) is 5.91 Å². The molecule has 1 aliphatic carbocycles. The quantitative estimate of drug-likeness (QED) is 0.742. The number of carbonyl (C=O) groups is 2. The molecular weight excluding hydrogens is 250 g/mol. The summed E-state index contributed by atoms with van der Waals surface area (Å²) in [5, 5.41) is 11.7. The molecule has 1 saturated heterocycles. The summed E-state index contributed by atoms with van der Waals surface area (Å²) in [6.45, 7) is 0.748. The van der Waals surface area contributed by atoms with Crippen molar-refractivity contribution in [3.8, 4) is 0 Å². The summed E-state index contributed by atoms with van der Waals surface area (Å²) in [7, 11) is 0. The Bertz CT molecular complexity index is 332. The summed E-state index contributed by atoms with van der Waals surface area (Å²) in [4.78, 5) is 22.7. The lowest BCUT2D eigenvalue weighted by Gasteiger charge is -2.27. The van der Waals surface area contributed by atoms with Crippen LogP contribution in [-0.4, -0.2) is 48.4 Å². The van der Waals surface area contributed by atoms with Gasteiger partial charge in [0.1, 0.15) is 6.61 Å². The van der Waals surface area contributed by atoms with E-state index >= 15 is 0 Å². The molecule has 1 atom stereocenters. The summed E-state index contributed by atoms with van der Waals surface area (Å²) in [5.74, 6) is -1.18. The Balaban J connectivity index is 1.79. The molecule has 0 aromatic carbocycles. The number of carboxylic acids is 1. The van der Waals surface area contributed by atoms with Crippen molar-refractivity contribution < 1.29 is 24.2 Å². The van der Waals surface area contributed by atoms with Crippen LogP contribution in [0.15, 0.2) is 0 Å². The molecule has 19 heavy (non-hydrogen) atoms. The van der Waals surface area contributed by atoms with Gasteiger partial charge in [-0.05, 0) is 19.3 Å². The zero-order valence-electron chi connectivity index (χ0n) is 11.0. The highest BCUT2D eigenvalue weighted by molar-refractivity contribution is 5.79. The molecule has 6 nitrogen and oxygen atoms in total. The highest BCUT2D eigenvalue weighted by Gasteiger charge is 2.38. The predicted octanol–water partition coefficient (Wildman–Crippen LogP) is 0.696. The second kappa shape index (κ2) is 6.34. The van der Waals surface area contributed by atoms with Gasteiger partial charge in [-0.15, -0.1) is 0 Å². The Morgan fingerprint density at radius 2 is 2.11 bits per heavy atom. The first-order valence-corrected chi connectivity index (χ1v) is 6.82. The van der Waals surface area contributed by atoms with E-state index in [2.05, 4.69) is 5.32 Å². The Morgan fingerprint density at radius 3 is 2.68 bits per heavy atom. The number of carboxylic acid groups (broad SMARTS) is 1. The van der Waals surface area contributed by atoms with E-state index < -0.39 is 11.5 Å². The molecule has 0 radical (unpaired) electrons. The highest BCUT2D eigenvalue weighted by atomic mass is 16.5. The minimum atomic E-state index is -0.928. The molecule has 2 fully saturated rings. The van der Waals surface area contributed by atoms with E-state index in [4.69, 9.17) is 14.6 Å². The summed E-state index contributed by atoms with van der Waals surface area (Å²) >= 11 is 0. The van der Waals surface area contributed by atoms with Crippen molar-refractivity contribution >= 4 is 11.9 Å². The molecule has 0 aromatic heterocycles. The smallest absolute Gasteiger partial charge is 0.305 e. The summed E-state index contributed by atoms with van der Waals surface area (Å²) in [5.41, 5.74) is -0.762. The molecule has 1 amide bonds. The van der Waals surface area contributed by atoms with Gasteiger partial charge in [-0.3, -0.25) is 9.59 Å². The van der Waals surface area contributed by atoms with Crippen LogP contribution in [0.2, 0.25) is 0 Å². The first-order valence-electron chi connectivity index (χ1n) is 6.82. The molecule has 0 aromatic rings. The van der Waals surface area contributed by atoms with Crippen molar-refractivity contribution in [1.82, 2.24) is 5.32 Å². The van der Waals surface area contributed by atoms with Crippen LogP contribution >= 0.6 is 0 Å². The van der Waals surface area contributed by atoms with Gasteiger partial charge in [-0.2, -0.15) is 0 Å². The first-order chi connectivity index (χ1) is 9.10. The predicted molar refractivity (Wildman–Crippen MR) is 66.8 cm³/mol. The molecule has 6 heteroatoms. The van der Waals surface area contributed by atoms with Gasteiger partial charge in [0.05, 0.1) is 24.7 Å². The number of rotatable bonds is 6. The molecule has 2 rings (SSSR count). The molecule has 1 unspecified atom stereocenters.